The van der Waals surface area contributed by atoms with Crippen LogP contribution in [0.25, 0.3) is 0 Å². The van der Waals surface area contributed by atoms with E-state index >= 15 is 0 Å². The van der Waals surface area contributed by atoms with Crippen LogP contribution in [0.4, 0.5) is 10.7 Å². The second kappa shape index (κ2) is 6.12. The van der Waals surface area contributed by atoms with Crippen molar-refractivity contribution in [3.05, 3.63) is 53.9 Å². The quantitative estimate of drug-likeness (QED) is 0.906. The second-order valence-electron chi connectivity index (χ2n) is 3.59. The molecule has 0 saturated carbocycles. The number of amides is 1. The summed E-state index contributed by atoms with van der Waals surface area (Å²) in [6.07, 6.45) is 1.99. The van der Waals surface area contributed by atoms with Gasteiger partial charge in [-0.3, -0.25) is 5.32 Å². The Hall–Kier alpha value is -2.94. The lowest BCUT2D eigenvalue weighted by Gasteiger charge is -2.05. The van der Waals surface area contributed by atoms with Crippen molar-refractivity contribution in [1.82, 2.24) is 9.97 Å². The fraction of sp³-hybridized carbons (Fsp3) is 0.0769. The maximum Gasteiger partial charge on any atom is 0.414 e. The van der Waals surface area contributed by atoms with E-state index in [2.05, 4.69) is 15.3 Å². The van der Waals surface area contributed by atoms with Crippen LogP contribution in [0, 0.1) is 11.3 Å². The summed E-state index contributed by atoms with van der Waals surface area (Å²) in [6.45, 7) is 0.170. The topological polar surface area (TPSA) is 87.9 Å². The van der Waals surface area contributed by atoms with Gasteiger partial charge in [-0.05, 0) is 5.56 Å². The van der Waals surface area contributed by atoms with Gasteiger partial charge in [0.1, 0.15) is 12.7 Å². The Labute approximate surface area is 109 Å². The van der Waals surface area contributed by atoms with Crippen molar-refractivity contribution in [3.8, 4) is 6.07 Å². The normalized spacial score (nSPS) is 9.42. The third-order valence-corrected chi connectivity index (χ3v) is 2.21. The number of aromatic nitrogens is 2. The molecule has 6 heteroatoms. The minimum absolute atomic E-state index is 0.0945. The van der Waals surface area contributed by atoms with Gasteiger partial charge in [-0.1, -0.05) is 30.3 Å². The number of carbonyl (C=O) groups excluding carboxylic acids is 1. The molecule has 94 valence electrons. The van der Waals surface area contributed by atoms with Gasteiger partial charge in [-0.25, -0.2) is 14.8 Å². The molecule has 19 heavy (non-hydrogen) atoms. The molecule has 0 bridgehead atoms. The Morgan fingerprint density at radius 2 is 1.95 bits per heavy atom. The highest BCUT2D eigenvalue weighted by molar-refractivity contribution is 5.82. The molecule has 0 atom stereocenters. The average molecular weight is 254 g/mol. The number of hydrogen-bond acceptors (Lipinski definition) is 5. The van der Waals surface area contributed by atoms with Gasteiger partial charge < -0.3 is 4.74 Å². The predicted molar refractivity (Wildman–Crippen MR) is 67.0 cm³/mol. The largest absolute Gasteiger partial charge is 0.444 e. The number of carbonyl (C=O) groups is 1. The highest BCUT2D eigenvalue weighted by atomic mass is 16.5. The zero-order chi connectivity index (χ0) is 13.5. The molecule has 2 aromatic rings. The Morgan fingerprint density at radius 1 is 1.26 bits per heavy atom. The Balaban J connectivity index is 1.86. The minimum Gasteiger partial charge on any atom is -0.444 e. The fourth-order valence-electron chi connectivity index (χ4n) is 1.30. The number of nitriles is 1. The van der Waals surface area contributed by atoms with Crippen LogP contribution in [-0.4, -0.2) is 16.1 Å². The summed E-state index contributed by atoms with van der Waals surface area (Å²) in [6, 6.07) is 11.2. The van der Waals surface area contributed by atoms with E-state index in [-0.39, 0.29) is 12.6 Å². The number of hydrogen-bond donors (Lipinski definition) is 1. The summed E-state index contributed by atoms with van der Waals surface area (Å²) in [7, 11) is 0. The van der Waals surface area contributed by atoms with Crippen LogP contribution in [0.1, 0.15) is 11.1 Å². The first kappa shape index (κ1) is 12.5. The monoisotopic (exact) mass is 254 g/mol. The molecule has 0 aliphatic heterocycles. The summed E-state index contributed by atoms with van der Waals surface area (Å²) >= 11 is 0. The van der Waals surface area contributed by atoms with Crippen molar-refractivity contribution in [2.24, 2.45) is 0 Å². The van der Waals surface area contributed by atoms with E-state index < -0.39 is 6.09 Å². The molecule has 0 spiro atoms. The third kappa shape index (κ3) is 3.78. The number of nitrogens with zero attached hydrogens (tertiary/aromatic N) is 3. The summed E-state index contributed by atoms with van der Waals surface area (Å²) < 4.78 is 4.99. The van der Waals surface area contributed by atoms with E-state index in [0.717, 1.165) is 5.56 Å². The first-order valence-corrected chi connectivity index (χ1v) is 5.48. The summed E-state index contributed by atoms with van der Waals surface area (Å²) in [4.78, 5) is 19.1. The van der Waals surface area contributed by atoms with Crippen molar-refractivity contribution in [2.75, 3.05) is 5.32 Å². The molecule has 0 unspecified atom stereocenters. The molecular weight excluding hydrogens is 244 g/mol. The van der Waals surface area contributed by atoms with E-state index in [1.807, 2.05) is 36.4 Å². The van der Waals surface area contributed by atoms with Crippen molar-refractivity contribution >= 4 is 12.0 Å². The number of nitrogens with one attached hydrogen (secondary N) is 1. The zero-order valence-corrected chi connectivity index (χ0v) is 9.91. The van der Waals surface area contributed by atoms with Gasteiger partial charge in [0.2, 0.25) is 5.95 Å². The van der Waals surface area contributed by atoms with Gasteiger partial charge in [-0.2, -0.15) is 5.26 Å². The number of rotatable bonds is 3. The van der Waals surface area contributed by atoms with Crippen LogP contribution in [0.5, 0.6) is 0 Å². The van der Waals surface area contributed by atoms with Crippen LogP contribution in [0.2, 0.25) is 0 Å². The zero-order valence-electron chi connectivity index (χ0n) is 9.91. The first-order chi connectivity index (χ1) is 9.28. The summed E-state index contributed by atoms with van der Waals surface area (Å²) in [5.74, 6) is 0.0945. The van der Waals surface area contributed by atoms with E-state index in [9.17, 15) is 4.79 Å². The molecule has 1 aromatic carbocycles. The smallest absolute Gasteiger partial charge is 0.414 e. The Morgan fingerprint density at radius 3 is 2.58 bits per heavy atom. The van der Waals surface area contributed by atoms with E-state index in [1.54, 1.807) is 0 Å². The fourth-order valence-corrected chi connectivity index (χ4v) is 1.30. The number of ether oxygens (including phenoxy) is 1. The summed E-state index contributed by atoms with van der Waals surface area (Å²) in [5.41, 5.74) is 1.21. The Kier molecular flexibility index (Phi) is 4.03. The van der Waals surface area contributed by atoms with Gasteiger partial charge in [0.05, 0.1) is 18.0 Å². The van der Waals surface area contributed by atoms with Crippen LogP contribution < -0.4 is 5.32 Å². The van der Waals surface area contributed by atoms with E-state index in [0.29, 0.717) is 5.56 Å². The average Bonchev–Trinajstić information content (AvgIpc) is 2.47. The van der Waals surface area contributed by atoms with Crippen molar-refractivity contribution < 1.29 is 9.53 Å². The minimum atomic E-state index is -0.645. The van der Waals surface area contributed by atoms with Crippen molar-refractivity contribution in [3.63, 3.8) is 0 Å². The standard InChI is InChI=1S/C13H10N4O2/c14-6-11-7-15-12(16-8-11)17-13(18)19-9-10-4-2-1-3-5-10/h1-5,7-8H,9H2,(H,15,16,17,18). The van der Waals surface area contributed by atoms with Gasteiger partial charge in [0.15, 0.2) is 0 Å². The van der Waals surface area contributed by atoms with Crippen LogP contribution in [0.3, 0.4) is 0 Å². The summed E-state index contributed by atoms with van der Waals surface area (Å²) in [5, 5.41) is 10.9. The van der Waals surface area contributed by atoms with Crippen LogP contribution in [0.15, 0.2) is 42.7 Å². The van der Waals surface area contributed by atoms with Gasteiger partial charge >= 0.3 is 6.09 Å². The molecule has 1 N–H and O–H groups in total. The predicted octanol–water partition coefficient (Wildman–Crippen LogP) is 2.10. The molecule has 0 radical (unpaired) electrons. The van der Waals surface area contributed by atoms with Gasteiger partial charge in [0, 0.05) is 0 Å². The molecule has 1 aromatic heterocycles. The van der Waals surface area contributed by atoms with Crippen molar-refractivity contribution in [1.29, 1.82) is 5.26 Å². The number of benzene rings is 1. The van der Waals surface area contributed by atoms with Crippen LogP contribution in [-0.2, 0) is 11.3 Å². The first-order valence-electron chi connectivity index (χ1n) is 5.48. The lowest BCUT2D eigenvalue weighted by molar-refractivity contribution is 0.155. The highest BCUT2D eigenvalue weighted by Crippen LogP contribution is 2.03. The van der Waals surface area contributed by atoms with Gasteiger partial charge in [-0.15, -0.1) is 0 Å². The molecular formula is C13H10N4O2. The van der Waals surface area contributed by atoms with E-state index in [4.69, 9.17) is 10.00 Å². The van der Waals surface area contributed by atoms with Crippen LogP contribution >= 0.6 is 0 Å². The lowest BCUT2D eigenvalue weighted by atomic mass is 10.2. The molecule has 0 aliphatic carbocycles. The SMILES string of the molecule is N#Cc1cnc(NC(=O)OCc2ccccc2)nc1. The Bertz CT molecular complexity index is 590. The maximum atomic E-state index is 11.5. The second-order valence-corrected chi connectivity index (χ2v) is 3.59. The molecule has 0 aliphatic rings. The molecule has 1 amide bonds. The molecule has 1 heterocycles. The van der Waals surface area contributed by atoms with Crippen molar-refractivity contribution in [2.45, 2.75) is 6.61 Å². The van der Waals surface area contributed by atoms with Gasteiger partial charge in [0.25, 0.3) is 0 Å². The molecule has 2 rings (SSSR count). The van der Waals surface area contributed by atoms with E-state index in [1.165, 1.54) is 12.4 Å². The highest BCUT2D eigenvalue weighted by Gasteiger charge is 2.05. The number of anilines is 1. The molecule has 0 saturated heterocycles. The lowest BCUT2D eigenvalue weighted by Crippen LogP contribution is -2.15. The molecule has 0 fully saturated rings. The maximum absolute atomic E-state index is 11.5. The third-order valence-electron chi connectivity index (χ3n) is 2.21. The molecule has 6 nitrogen and oxygen atoms in total.